The van der Waals surface area contributed by atoms with Crippen molar-refractivity contribution in [1.29, 1.82) is 0 Å². The minimum Gasteiger partial charge on any atom is -0.480 e. The van der Waals surface area contributed by atoms with Crippen LogP contribution in [0.4, 0.5) is 0 Å². The van der Waals surface area contributed by atoms with Crippen LogP contribution in [0.3, 0.4) is 0 Å². The average Bonchev–Trinajstić information content (AvgIpc) is 2.62. The van der Waals surface area contributed by atoms with E-state index in [4.69, 9.17) is 9.84 Å². The summed E-state index contributed by atoms with van der Waals surface area (Å²) in [7, 11) is 0. The number of carboxylic acids is 1. The number of carbonyl (C=O) groups is 2. The fourth-order valence-electron chi connectivity index (χ4n) is 1.99. The lowest BCUT2D eigenvalue weighted by molar-refractivity contribution is -0.147. The van der Waals surface area contributed by atoms with Crippen LogP contribution in [0.1, 0.15) is 26.7 Å². The van der Waals surface area contributed by atoms with E-state index in [1.807, 2.05) is 13.8 Å². The maximum atomic E-state index is 12.1. The minimum atomic E-state index is -0.964. The van der Waals surface area contributed by atoms with E-state index >= 15 is 0 Å². The Morgan fingerprint density at radius 1 is 1.50 bits per heavy atom. The molecule has 0 aliphatic carbocycles. The first kappa shape index (κ1) is 13.0. The van der Waals surface area contributed by atoms with Gasteiger partial charge in [-0.2, -0.15) is 0 Å². The molecule has 2 unspecified atom stereocenters. The monoisotopic (exact) mass is 229 g/mol. The first-order valence-corrected chi connectivity index (χ1v) is 5.68. The van der Waals surface area contributed by atoms with Crippen LogP contribution in [-0.4, -0.2) is 47.7 Å². The molecule has 0 aromatic rings. The molecule has 5 nitrogen and oxygen atoms in total. The molecule has 1 rings (SSSR count). The van der Waals surface area contributed by atoms with Crippen LogP contribution >= 0.6 is 0 Å². The maximum Gasteiger partial charge on any atom is 0.323 e. The molecule has 1 fully saturated rings. The number of carbonyl (C=O) groups excluding carboxylic acids is 1. The van der Waals surface area contributed by atoms with E-state index in [1.54, 1.807) is 0 Å². The van der Waals surface area contributed by atoms with Crippen LogP contribution in [0.15, 0.2) is 0 Å². The molecule has 0 spiro atoms. The molecule has 0 aromatic heterocycles. The van der Waals surface area contributed by atoms with Gasteiger partial charge in [-0.3, -0.25) is 9.59 Å². The molecule has 5 heteroatoms. The van der Waals surface area contributed by atoms with Gasteiger partial charge in [-0.15, -0.1) is 0 Å². The summed E-state index contributed by atoms with van der Waals surface area (Å²) in [5.74, 6) is -1.23. The summed E-state index contributed by atoms with van der Waals surface area (Å²) in [5.41, 5.74) is 0. The van der Waals surface area contributed by atoms with Gasteiger partial charge in [0.2, 0.25) is 5.91 Å². The standard InChI is InChI=1S/C11H19NO4/c1-3-5-12(7-10(13)14)11(15)9-4-6-16-8(9)2/h8-9H,3-7H2,1-2H3,(H,13,14). The van der Waals surface area contributed by atoms with Gasteiger partial charge in [0.1, 0.15) is 6.54 Å². The Kier molecular flexibility index (Phi) is 4.73. The van der Waals surface area contributed by atoms with Crippen LogP contribution in [0.2, 0.25) is 0 Å². The first-order valence-electron chi connectivity index (χ1n) is 5.68. The summed E-state index contributed by atoms with van der Waals surface area (Å²) in [4.78, 5) is 24.1. The van der Waals surface area contributed by atoms with Crippen LogP contribution in [0.5, 0.6) is 0 Å². The van der Waals surface area contributed by atoms with Crippen molar-refractivity contribution in [1.82, 2.24) is 4.90 Å². The van der Waals surface area contributed by atoms with E-state index in [2.05, 4.69) is 0 Å². The third kappa shape index (κ3) is 3.20. The number of nitrogens with zero attached hydrogens (tertiary/aromatic N) is 1. The van der Waals surface area contributed by atoms with Crippen molar-refractivity contribution in [3.8, 4) is 0 Å². The highest BCUT2D eigenvalue weighted by Gasteiger charge is 2.34. The van der Waals surface area contributed by atoms with Gasteiger partial charge < -0.3 is 14.7 Å². The zero-order valence-electron chi connectivity index (χ0n) is 9.81. The molecule has 1 N–H and O–H groups in total. The number of carboxylic acid groups (broad SMARTS) is 1. The molecule has 1 amide bonds. The Morgan fingerprint density at radius 3 is 2.62 bits per heavy atom. The number of aliphatic carboxylic acids is 1. The number of amides is 1. The van der Waals surface area contributed by atoms with Gasteiger partial charge in [-0.1, -0.05) is 6.92 Å². The van der Waals surface area contributed by atoms with Gasteiger partial charge in [0.05, 0.1) is 12.0 Å². The second-order valence-corrected chi connectivity index (χ2v) is 4.12. The fourth-order valence-corrected chi connectivity index (χ4v) is 1.99. The zero-order valence-corrected chi connectivity index (χ0v) is 9.81. The van der Waals surface area contributed by atoms with E-state index in [9.17, 15) is 9.59 Å². The van der Waals surface area contributed by atoms with E-state index in [0.717, 1.165) is 6.42 Å². The molecule has 2 atom stereocenters. The van der Waals surface area contributed by atoms with Gasteiger partial charge in [-0.25, -0.2) is 0 Å². The van der Waals surface area contributed by atoms with E-state index in [0.29, 0.717) is 19.6 Å². The lowest BCUT2D eigenvalue weighted by Crippen LogP contribution is -2.42. The van der Waals surface area contributed by atoms with E-state index in [-0.39, 0.29) is 24.5 Å². The number of hydrogen-bond acceptors (Lipinski definition) is 3. The second kappa shape index (κ2) is 5.84. The van der Waals surface area contributed by atoms with Crippen molar-refractivity contribution in [2.45, 2.75) is 32.8 Å². The quantitative estimate of drug-likeness (QED) is 0.755. The lowest BCUT2D eigenvalue weighted by atomic mass is 10.0. The summed E-state index contributed by atoms with van der Waals surface area (Å²) in [5, 5.41) is 8.74. The maximum absolute atomic E-state index is 12.1. The topological polar surface area (TPSA) is 66.8 Å². The van der Waals surface area contributed by atoms with Crippen molar-refractivity contribution >= 4 is 11.9 Å². The van der Waals surface area contributed by atoms with Gasteiger partial charge in [0.15, 0.2) is 0 Å². The zero-order chi connectivity index (χ0) is 12.1. The molecule has 1 heterocycles. The minimum absolute atomic E-state index is 0.0887. The summed E-state index contributed by atoms with van der Waals surface area (Å²) in [6, 6.07) is 0. The SMILES string of the molecule is CCCN(CC(=O)O)C(=O)C1CCOC1C. The van der Waals surface area contributed by atoms with E-state index < -0.39 is 5.97 Å². The Labute approximate surface area is 95.4 Å². The number of rotatable bonds is 5. The summed E-state index contributed by atoms with van der Waals surface area (Å²) in [6.07, 6.45) is 1.36. The smallest absolute Gasteiger partial charge is 0.323 e. The number of hydrogen-bond donors (Lipinski definition) is 1. The molecule has 0 saturated carbocycles. The summed E-state index contributed by atoms with van der Waals surface area (Å²) >= 11 is 0. The van der Waals surface area contributed by atoms with Gasteiger partial charge >= 0.3 is 5.97 Å². The highest BCUT2D eigenvalue weighted by molar-refractivity contribution is 5.83. The second-order valence-electron chi connectivity index (χ2n) is 4.12. The largest absolute Gasteiger partial charge is 0.480 e. The van der Waals surface area contributed by atoms with Crippen LogP contribution in [-0.2, 0) is 14.3 Å². The molecule has 1 saturated heterocycles. The number of ether oxygens (including phenoxy) is 1. The summed E-state index contributed by atoms with van der Waals surface area (Å²) < 4.78 is 5.32. The molecule has 16 heavy (non-hydrogen) atoms. The third-order valence-corrected chi connectivity index (χ3v) is 2.82. The molecular formula is C11H19NO4. The van der Waals surface area contributed by atoms with Crippen molar-refractivity contribution in [2.75, 3.05) is 19.7 Å². The van der Waals surface area contributed by atoms with Crippen molar-refractivity contribution in [3.63, 3.8) is 0 Å². The first-order chi connectivity index (χ1) is 7.56. The Bertz CT molecular complexity index is 267. The molecule has 0 bridgehead atoms. The molecule has 92 valence electrons. The Balaban J connectivity index is 2.62. The normalized spacial score (nSPS) is 24.4. The van der Waals surface area contributed by atoms with Crippen LogP contribution < -0.4 is 0 Å². The Morgan fingerprint density at radius 2 is 2.19 bits per heavy atom. The van der Waals surface area contributed by atoms with Crippen LogP contribution in [0, 0.1) is 5.92 Å². The highest BCUT2D eigenvalue weighted by atomic mass is 16.5. The molecule has 0 aromatic carbocycles. The van der Waals surface area contributed by atoms with Gasteiger partial charge in [0, 0.05) is 13.2 Å². The summed E-state index contributed by atoms with van der Waals surface area (Å²) in [6.45, 7) is 4.66. The molecule has 1 aliphatic rings. The predicted octanol–water partition coefficient (Wildman–Crippen LogP) is 0.735. The van der Waals surface area contributed by atoms with Gasteiger partial charge in [0.25, 0.3) is 0 Å². The highest BCUT2D eigenvalue weighted by Crippen LogP contribution is 2.22. The van der Waals surface area contributed by atoms with Crippen molar-refractivity contribution in [2.24, 2.45) is 5.92 Å². The molecule has 0 radical (unpaired) electrons. The Hall–Kier alpha value is -1.10. The molecule has 1 aliphatic heterocycles. The van der Waals surface area contributed by atoms with Crippen LogP contribution in [0.25, 0.3) is 0 Å². The fraction of sp³-hybridized carbons (Fsp3) is 0.818. The van der Waals surface area contributed by atoms with Crippen molar-refractivity contribution < 1.29 is 19.4 Å². The third-order valence-electron chi connectivity index (χ3n) is 2.82. The van der Waals surface area contributed by atoms with Gasteiger partial charge in [-0.05, 0) is 19.8 Å². The van der Waals surface area contributed by atoms with Crippen molar-refractivity contribution in [3.05, 3.63) is 0 Å². The van der Waals surface area contributed by atoms with E-state index in [1.165, 1.54) is 4.90 Å². The lowest BCUT2D eigenvalue weighted by Gasteiger charge is -2.24. The molecular weight excluding hydrogens is 210 g/mol. The predicted molar refractivity (Wildman–Crippen MR) is 58.0 cm³/mol. The average molecular weight is 229 g/mol.